The Balaban J connectivity index is 1.31. The van der Waals surface area contributed by atoms with Crippen molar-refractivity contribution in [2.24, 2.45) is 0 Å². The van der Waals surface area contributed by atoms with Crippen LogP contribution in [0.2, 0.25) is 0 Å². The van der Waals surface area contributed by atoms with E-state index in [-0.39, 0.29) is 18.4 Å². The summed E-state index contributed by atoms with van der Waals surface area (Å²) in [4.78, 5) is 33.4. The van der Waals surface area contributed by atoms with Crippen LogP contribution in [0.15, 0.2) is 72.9 Å². The molecule has 0 radical (unpaired) electrons. The predicted octanol–water partition coefficient (Wildman–Crippen LogP) is 2.45. The minimum Gasteiger partial charge on any atom is -0.483 e. The molecule has 5 rings (SSSR count). The van der Waals surface area contributed by atoms with Crippen LogP contribution in [-0.4, -0.2) is 44.7 Å². The maximum absolute atomic E-state index is 12.3. The molecule has 0 bridgehead atoms. The molecule has 9 heteroatoms. The molecule has 0 atom stereocenters. The number of carbonyl (C=O) groups is 2. The Morgan fingerprint density at radius 1 is 1.06 bits per heavy atom. The topological polar surface area (TPSA) is 111 Å². The summed E-state index contributed by atoms with van der Waals surface area (Å²) < 4.78 is 7.48. The van der Waals surface area contributed by atoms with Gasteiger partial charge >= 0.3 is 0 Å². The van der Waals surface area contributed by atoms with E-state index in [4.69, 9.17) is 4.74 Å². The lowest BCUT2D eigenvalue weighted by Gasteiger charge is -2.13. The SMILES string of the molecule is O=C(COc1ccccc1-c1nccc(-c2cc3n(n2)CCNC3=O)n1)NCc1ccccc1. The van der Waals surface area contributed by atoms with Gasteiger partial charge in [0.15, 0.2) is 12.4 Å². The molecule has 2 N–H and O–H groups in total. The second-order valence-corrected chi connectivity index (χ2v) is 7.71. The van der Waals surface area contributed by atoms with Gasteiger partial charge in [-0.05, 0) is 29.8 Å². The lowest BCUT2D eigenvalue weighted by atomic mass is 10.1. The van der Waals surface area contributed by atoms with E-state index < -0.39 is 0 Å². The lowest BCUT2D eigenvalue weighted by Crippen LogP contribution is -2.35. The van der Waals surface area contributed by atoms with E-state index in [1.165, 1.54) is 0 Å². The molecule has 1 aliphatic rings. The molecule has 0 spiro atoms. The minimum absolute atomic E-state index is 0.133. The summed E-state index contributed by atoms with van der Waals surface area (Å²) in [7, 11) is 0. The molecule has 2 amide bonds. The number of aromatic nitrogens is 4. The number of hydrogen-bond acceptors (Lipinski definition) is 6. The number of benzene rings is 2. The van der Waals surface area contributed by atoms with Crippen LogP contribution >= 0.6 is 0 Å². The molecule has 0 aliphatic carbocycles. The van der Waals surface area contributed by atoms with E-state index in [1.807, 2.05) is 48.5 Å². The molecule has 4 aromatic rings. The van der Waals surface area contributed by atoms with Gasteiger partial charge in [0.2, 0.25) is 0 Å². The molecule has 3 heterocycles. The van der Waals surface area contributed by atoms with E-state index in [0.717, 1.165) is 5.56 Å². The summed E-state index contributed by atoms with van der Waals surface area (Å²) in [5, 5.41) is 10.2. The van der Waals surface area contributed by atoms with Gasteiger partial charge in [-0.3, -0.25) is 14.3 Å². The van der Waals surface area contributed by atoms with Crippen LogP contribution in [0.3, 0.4) is 0 Å². The fourth-order valence-electron chi connectivity index (χ4n) is 3.66. The number of rotatable bonds is 7. The highest BCUT2D eigenvalue weighted by Gasteiger charge is 2.21. The van der Waals surface area contributed by atoms with Crippen molar-refractivity contribution in [2.45, 2.75) is 13.1 Å². The Morgan fingerprint density at radius 2 is 1.88 bits per heavy atom. The Kier molecular flexibility index (Phi) is 5.98. The van der Waals surface area contributed by atoms with Gasteiger partial charge < -0.3 is 15.4 Å². The highest BCUT2D eigenvalue weighted by molar-refractivity contribution is 5.94. The number of carbonyl (C=O) groups excluding carboxylic acids is 2. The Bertz CT molecular complexity index is 1340. The van der Waals surface area contributed by atoms with Crippen molar-refractivity contribution in [3.05, 3.63) is 84.2 Å². The first kappa shape index (κ1) is 21.3. The van der Waals surface area contributed by atoms with Crippen LogP contribution < -0.4 is 15.4 Å². The summed E-state index contributed by atoms with van der Waals surface area (Å²) in [5.74, 6) is 0.560. The summed E-state index contributed by atoms with van der Waals surface area (Å²) >= 11 is 0. The maximum atomic E-state index is 12.3. The van der Waals surface area contributed by atoms with Crippen LogP contribution in [0.1, 0.15) is 16.1 Å². The zero-order valence-corrected chi connectivity index (χ0v) is 18.3. The van der Waals surface area contributed by atoms with Crippen molar-refractivity contribution >= 4 is 11.8 Å². The zero-order valence-electron chi connectivity index (χ0n) is 18.3. The second kappa shape index (κ2) is 9.53. The fraction of sp³-hybridized carbons (Fsp3) is 0.160. The van der Waals surface area contributed by atoms with Crippen molar-refractivity contribution in [3.63, 3.8) is 0 Å². The van der Waals surface area contributed by atoms with Crippen LogP contribution in [0.4, 0.5) is 0 Å². The number of ether oxygens (including phenoxy) is 1. The highest BCUT2D eigenvalue weighted by atomic mass is 16.5. The molecule has 2 aromatic carbocycles. The zero-order chi connectivity index (χ0) is 23.3. The van der Waals surface area contributed by atoms with Gasteiger partial charge in [-0.1, -0.05) is 42.5 Å². The summed E-state index contributed by atoms with van der Waals surface area (Å²) in [6.07, 6.45) is 1.64. The third-order valence-corrected chi connectivity index (χ3v) is 5.36. The van der Waals surface area contributed by atoms with Crippen LogP contribution in [0.5, 0.6) is 5.75 Å². The fourth-order valence-corrected chi connectivity index (χ4v) is 3.66. The van der Waals surface area contributed by atoms with Gasteiger partial charge in [-0.25, -0.2) is 9.97 Å². The molecule has 1 aliphatic heterocycles. The molecular formula is C25H22N6O3. The second-order valence-electron chi connectivity index (χ2n) is 7.71. The summed E-state index contributed by atoms with van der Waals surface area (Å²) in [6.45, 7) is 1.46. The lowest BCUT2D eigenvalue weighted by molar-refractivity contribution is -0.123. The number of nitrogens with one attached hydrogen (secondary N) is 2. The first-order valence-electron chi connectivity index (χ1n) is 10.9. The quantitative estimate of drug-likeness (QED) is 0.444. The van der Waals surface area contributed by atoms with E-state index in [1.54, 1.807) is 29.1 Å². The van der Waals surface area contributed by atoms with Crippen molar-refractivity contribution in [1.82, 2.24) is 30.4 Å². The van der Waals surface area contributed by atoms with Crippen LogP contribution in [0, 0.1) is 0 Å². The van der Waals surface area contributed by atoms with E-state index in [2.05, 4.69) is 25.7 Å². The normalized spacial score (nSPS) is 12.5. The van der Waals surface area contributed by atoms with Crippen molar-refractivity contribution in [3.8, 4) is 28.5 Å². The number of hydrogen-bond donors (Lipinski definition) is 2. The molecule has 0 unspecified atom stereocenters. The van der Waals surface area contributed by atoms with E-state index in [0.29, 0.717) is 53.9 Å². The molecule has 0 saturated heterocycles. The van der Waals surface area contributed by atoms with E-state index >= 15 is 0 Å². The van der Waals surface area contributed by atoms with Crippen molar-refractivity contribution in [1.29, 1.82) is 0 Å². The first-order chi connectivity index (χ1) is 16.7. The molecule has 9 nitrogen and oxygen atoms in total. The molecular weight excluding hydrogens is 432 g/mol. The molecule has 0 saturated carbocycles. The third-order valence-electron chi connectivity index (χ3n) is 5.36. The average Bonchev–Trinajstić information content (AvgIpc) is 3.33. The number of amides is 2. The standard InChI is InChI=1S/C25H22N6O3/c32-23(28-15-17-6-2-1-3-7-17)16-34-22-9-5-4-8-18(22)24-26-11-10-19(29-24)20-14-21-25(33)27-12-13-31(21)30-20/h1-11,14H,12-13,15-16H2,(H,27,33)(H,28,32). The Labute approximate surface area is 195 Å². The van der Waals surface area contributed by atoms with Gasteiger partial charge in [0.25, 0.3) is 11.8 Å². The first-order valence-corrected chi connectivity index (χ1v) is 10.9. The van der Waals surface area contributed by atoms with Crippen LogP contribution in [-0.2, 0) is 17.9 Å². The van der Waals surface area contributed by atoms with E-state index in [9.17, 15) is 9.59 Å². The monoisotopic (exact) mass is 454 g/mol. The van der Waals surface area contributed by atoms with Gasteiger partial charge in [0, 0.05) is 19.3 Å². The van der Waals surface area contributed by atoms with Crippen molar-refractivity contribution < 1.29 is 14.3 Å². The minimum atomic E-state index is -0.227. The predicted molar refractivity (Wildman–Crippen MR) is 125 cm³/mol. The van der Waals surface area contributed by atoms with Crippen LogP contribution in [0.25, 0.3) is 22.8 Å². The van der Waals surface area contributed by atoms with Gasteiger partial charge in [-0.2, -0.15) is 5.10 Å². The van der Waals surface area contributed by atoms with Crippen molar-refractivity contribution in [2.75, 3.05) is 13.2 Å². The Morgan fingerprint density at radius 3 is 2.74 bits per heavy atom. The molecule has 34 heavy (non-hydrogen) atoms. The van der Waals surface area contributed by atoms with Gasteiger partial charge in [0.1, 0.15) is 17.1 Å². The largest absolute Gasteiger partial charge is 0.483 e. The number of fused-ring (bicyclic) bond motifs is 1. The maximum Gasteiger partial charge on any atom is 0.269 e. The number of nitrogens with zero attached hydrogens (tertiary/aromatic N) is 4. The average molecular weight is 454 g/mol. The third kappa shape index (κ3) is 4.63. The summed E-state index contributed by atoms with van der Waals surface area (Å²) in [6, 6.07) is 20.4. The smallest absolute Gasteiger partial charge is 0.269 e. The number of para-hydroxylation sites is 1. The Hall–Kier alpha value is -4.53. The highest BCUT2D eigenvalue weighted by Crippen LogP contribution is 2.28. The molecule has 2 aromatic heterocycles. The molecule has 0 fully saturated rings. The van der Waals surface area contributed by atoms with Gasteiger partial charge in [-0.15, -0.1) is 0 Å². The van der Waals surface area contributed by atoms with Gasteiger partial charge in [0.05, 0.1) is 17.8 Å². The summed E-state index contributed by atoms with van der Waals surface area (Å²) in [5.41, 5.74) is 3.36. The molecule has 170 valence electrons.